The van der Waals surface area contributed by atoms with Crippen LogP contribution >= 0.6 is 11.3 Å². The number of thiazole rings is 1. The van der Waals surface area contributed by atoms with E-state index >= 15 is 0 Å². The molecule has 0 radical (unpaired) electrons. The molecular formula is C23H29N3O5S2. The molecule has 2 aromatic carbocycles. The van der Waals surface area contributed by atoms with Crippen LogP contribution < -0.4 is 14.3 Å². The minimum absolute atomic E-state index is 0.153. The summed E-state index contributed by atoms with van der Waals surface area (Å²) >= 11 is 1.35. The van der Waals surface area contributed by atoms with Crippen molar-refractivity contribution in [3.05, 3.63) is 46.8 Å². The molecule has 1 amide bonds. The SMILES string of the molecule is CCCn1c(=NC(=O)c2ccc(S(=O)(=O)N(CC)CC)cc2)sc2c(OC)ccc(OC)c21. The highest BCUT2D eigenvalue weighted by Crippen LogP contribution is 2.35. The number of aromatic nitrogens is 1. The standard InChI is InChI=1S/C23H29N3O5S2/c1-6-15-26-20-18(30-4)13-14-19(31-5)21(20)32-23(26)24-22(27)16-9-11-17(12-10-16)33(28,29)25(7-2)8-3/h9-14H,6-8,15H2,1-5H3. The lowest BCUT2D eigenvalue weighted by atomic mass is 10.2. The zero-order valence-corrected chi connectivity index (χ0v) is 21.1. The monoisotopic (exact) mass is 491 g/mol. The van der Waals surface area contributed by atoms with Gasteiger partial charge in [-0.15, -0.1) is 0 Å². The minimum atomic E-state index is -3.59. The van der Waals surface area contributed by atoms with Gasteiger partial charge in [-0.2, -0.15) is 9.30 Å². The molecule has 33 heavy (non-hydrogen) atoms. The molecule has 8 nitrogen and oxygen atoms in total. The largest absolute Gasteiger partial charge is 0.495 e. The first-order valence-corrected chi connectivity index (χ1v) is 13.0. The van der Waals surface area contributed by atoms with Crippen LogP contribution in [0.1, 0.15) is 37.6 Å². The third-order valence-corrected chi connectivity index (χ3v) is 8.44. The molecule has 0 bridgehead atoms. The van der Waals surface area contributed by atoms with Gasteiger partial charge in [-0.05, 0) is 42.8 Å². The Morgan fingerprint density at radius 3 is 2.15 bits per heavy atom. The van der Waals surface area contributed by atoms with Crippen molar-refractivity contribution in [1.29, 1.82) is 0 Å². The van der Waals surface area contributed by atoms with Crippen LogP contribution in [-0.2, 0) is 16.6 Å². The molecule has 3 rings (SSSR count). The van der Waals surface area contributed by atoms with Gasteiger partial charge in [0.15, 0.2) is 4.80 Å². The van der Waals surface area contributed by atoms with E-state index in [1.807, 2.05) is 23.6 Å². The van der Waals surface area contributed by atoms with Gasteiger partial charge in [-0.1, -0.05) is 32.1 Å². The third kappa shape index (κ3) is 4.83. The van der Waals surface area contributed by atoms with Crippen molar-refractivity contribution < 1.29 is 22.7 Å². The number of carbonyl (C=O) groups is 1. The van der Waals surface area contributed by atoms with Gasteiger partial charge in [-0.25, -0.2) is 8.42 Å². The molecule has 178 valence electrons. The fourth-order valence-corrected chi connectivity index (χ4v) is 6.23. The van der Waals surface area contributed by atoms with E-state index in [4.69, 9.17) is 9.47 Å². The van der Waals surface area contributed by atoms with E-state index in [1.54, 1.807) is 28.1 Å². The van der Waals surface area contributed by atoms with E-state index in [1.165, 1.54) is 39.9 Å². The van der Waals surface area contributed by atoms with Gasteiger partial charge in [0, 0.05) is 25.2 Å². The van der Waals surface area contributed by atoms with Crippen molar-refractivity contribution in [2.75, 3.05) is 27.3 Å². The fourth-order valence-electron chi connectivity index (χ4n) is 3.60. The van der Waals surface area contributed by atoms with Gasteiger partial charge in [-0.3, -0.25) is 4.79 Å². The summed E-state index contributed by atoms with van der Waals surface area (Å²) in [6.07, 6.45) is 0.839. The maximum Gasteiger partial charge on any atom is 0.279 e. The summed E-state index contributed by atoms with van der Waals surface area (Å²) in [6, 6.07) is 9.57. The Labute approximate surface area is 198 Å². The van der Waals surface area contributed by atoms with Crippen LogP contribution in [0.15, 0.2) is 46.3 Å². The molecule has 0 spiro atoms. The number of fused-ring (bicyclic) bond motifs is 1. The third-order valence-electron chi connectivity index (χ3n) is 5.28. The molecule has 3 aromatic rings. The summed E-state index contributed by atoms with van der Waals surface area (Å²) in [4.78, 5) is 18.0. The summed E-state index contributed by atoms with van der Waals surface area (Å²) in [5.41, 5.74) is 1.14. The number of sulfonamides is 1. The maximum atomic E-state index is 13.0. The van der Waals surface area contributed by atoms with E-state index in [9.17, 15) is 13.2 Å². The summed E-state index contributed by atoms with van der Waals surface area (Å²) in [5, 5.41) is 0. The Balaban J connectivity index is 2.07. The first kappa shape index (κ1) is 24.9. The molecule has 1 heterocycles. The Hall–Kier alpha value is -2.69. The second kappa shape index (κ2) is 10.5. The van der Waals surface area contributed by atoms with Gasteiger partial charge in [0.25, 0.3) is 5.91 Å². The van der Waals surface area contributed by atoms with Crippen molar-refractivity contribution in [3.63, 3.8) is 0 Å². The number of methoxy groups -OCH3 is 2. The number of rotatable bonds is 9. The molecule has 0 fully saturated rings. The lowest BCUT2D eigenvalue weighted by Crippen LogP contribution is -2.30. The van der Waals surface area contributed by atoms with Crippen LogP contribution in [0.3, 0.4) is 0 Å². The average molecular weight is 492 g/mol. The number of hydrogen-bond acceptors (Lipinski definition) is 6. The Bertz CT molecular complexity index is 1300. The zero-order valence-electron chi connectivity index (χ0n) is 19.5. The Morgan fingerprint density at radius 1 is 1.00 bits per heavy atom. The number of carbonyl (C=O) groups excluding carboxylic acids is 1. The molecule has 0 unspecified atom stereocenters. The molecule has 1 aromatic heterocycles. The number of aryl methyl sites for hydroxylation is 1. The van der Waals surface area contributed by atoms with Gasteiger partial charge in [0.2, 0.25) is 10.0 Å². The summed E-state index contributed by atoms with van der Waals surface area (Å²) in [5.74, 6) is 0.909. The zero-order chi connectivity index (χ0) is 24.2. The van der Waals surface area contributed by atoms with Crippen molar-refractivity contribution in [2.24, 2.45) is 4.99 Å². The quantitative estimate of drug-likeness (QED) is 0.453. The van der Waals surface area contributed by atoms with E-state index in [0.717, 1.165) is 16.6 Å². The molecule has 0 aliphatic heterocycles. The Kier molecular flexibility index (Phi) is 7.93. The first-order valence-electron chi connectivity index (χ1n) is 10.8. The number of ether oxygens (including phenoxy) is 2. The number of benzene rings is 2. The number of hydrogen-bond donors (Lipinski definition) is 0. The van der Waals surface area contributed by atoms with Crippen molar-refractivity contribution in [1.82, 2.24) is 8.87 Å². The first-order chi connectivity index (χ1) is 15.8. The predicted molar refractivity (Wildman–Crippen MR) is 130 cm³/mol. The average Bonchev–Trinajstić information content (AvgIpc) is 3.17. The van der Waals surface area contributed by atoms with E-state index < -0.39 is 15.9 Å². The van der Waals surface area contributed by atoms with Gasteiger partial charge in [0.05, 0.1) is 19.1 Å². The van der Waals surface area contributed by atoms with Crippen LogP contribution in [0.5, 0.6) is 11.5 Å². The highest BCUT2D eigenvalue weighted by Gasteiger charge is 2.22. The van der Waals surface area contributed by atoms with E-state index in [2.05, 4.69) is 4.99 Å². The molecular weight excluding hydrogens is 462 g/mol. The summed E-state index contributed by atoms with van der Waals surface area (Å²) in [7, 11) is -0.387. The number of nitrogens with zero attached hydrogens (tertiary/aromatic N) is 3. The van der Waals surface area contributed by atoms with Gasteiger partial charge in [0.1, 0.15) is 21.7 Å². The van der Waals surface area contributed by atoms with Crippen LogP contribution in [0.4, 0.5) is 0 Å². The predicted octanol–water partition coefficient (Wildman–Crippen LogP) is 3.90. The van der Waals surface area contributed by atoms with Crippen LogP contribution in [0, 0.1) is 0 Å². The van der Waals surface area contributed by atoms with Gasteiger partial charge < -0.3 is 14.0 Å². The summed E-state index contributed by atoms with van der Waals surface area (Å²) in [6.45, 7) is 7.04. The second-order valence-corrected chi connectivity index (χ2v) is 10.1. The minimum Gasteiger partial charge on any atom is -0.495 e. The van der Waals surface area contributed by atoms with Crippen LogP contribution in [0.2, 0.25) is 0 Å². The molecule has 0 saturated heterocycles. The molecule has 10 heteroatoms. The normalized spacial score (nSPS) is 12.5. The second-order valence-electron chi connectivity index (χ2n) is 7.21. The highest BCUT2D eigenvalue weighted by molar-refractivity contribution is 7.89. The fraction of sp³-hybridized carbons (Fsp3) is 0.391. The van der Waals surface area contributed by atoms with Crippen molar-refractivity contribution in [3.8, 4) is 11.5 Å². The Morgan fingerprint density at radius 2 is 1.61 bits per heavy atom. The van der Waals surface area contributed by atoms with Crippen molar-refractivity contribution in [2.45, 2.75) is 38.6 Å². The molecule has 0 aliphatic carbocycles. The number of amides is 1. The lowest BCUT2D eigenvalue weighted by Gasteiger charge is -2.18. The van der Waals surface area contributed by atoms with E-state index in [0.29, 0.717) is 41.5 Å². The van der Waals surface area contributed by atoms with Crippen LogP contribution in [-0.4, -0.2) is 50.5 Å². The van der Waals surface area contributed by atoms with E-state index in [-0.39, 0.29) is 4.90 Å². The van der Waals surface area contributed by atoms with Gasteiger partial charge >= 0.3 is 0 Å². The lowest BCUT2D eigenvalue weighted by molar-refractivity contribution is 0.0997. The molecule has 0 atom stereocenters. The molecule has 0 aliphatic rings. The highest BCUT2D eigenvalue weighted by atomic mass is 32.2. The smallest absolute Gasteiger partial charge is 0.279 e. The summed E-state index contributed by atoms with van der Waals surface area (Å²) < 4.78 is 40.6. The van der Waals surface area contributed by atoms with Crippen LogP contribution in [0.25, 0.3) is 10.2 Å². The maximum absolute atomic E-state index is 13.0. The molecule has 0 N–H and O–H groups in total. The topological polar surface area (TPSA) is 90.2 Å². The van der Waals surface area contributed by atoms with Crippen molar-refractivity contribution >= 4 is 37.5 Å². The molecule has 0 saturated carbocycles.